The molecule has 5 nitrogen and oxygen atoms in total. The standard InChI is InChI=1S/C19H23N3O2S/c1-12(20-19(24)21-13(2)17-4-3-11-25-17)14-7-9-16(10-8-14)22-18(23)15-5-6-15/h3-4,7-13,15H,5-6H2,1-2H3,(H,22,23)(H2,20,21,24)/t12-,13+/m0/s1. The van der Waals surface area contributed by atoms with Crippen LogP contribution in [0.3, 0.4) is 0 Å². The zero-order valence-corrected chi connectivity index (χ0v) is 15.2. The highest BCUT2D eigenvalue weighted by atomic mass is 32.1. The molecule has 0 aliphatic heterocycles. The quantitative estimate of drug-likeness (QED) is 0.724. The van der Waals surface area contributed by atoms with E-state index in [2.05, 4.69) is 16.0 Å². The molecule has 1 saturated carbocycles. The van der Waals surface area contributed by atoms with E-state index in [0.29, 0.717) is 0 Å². The van der Waals surface area contributed by atoms with Gasteiger partial charge in [-0.15, -0.1) is 11.3 Å². The number of hydrogen-bond acceptors (Lipinski definition) is 3. The van der Waals surface area contributed by atoms with Crippen molar-refractivity contribution in [1.82, 2.24) is 10.6 Å². The Bertz CT molecular complexity index is 724. The minimum absolute atomic E-state index is 0.0211. The van der Waals surface area contributed by atoms with Gasteiger partial charge in [0.05, 0.1) is 12.1 Å². The summed E-state index contributed by atoms with van der Waals surface area (Å²) in [7, 11) is 0. The van der Waals surface area contributed by atoms with Crippen LogP contribution < -0.4 is 16.0 Å². The summed E-state index contributed by atoms with van der Waals surface area (Å²) in [4.78, 5) is 25.0. The van der Waals surface area contributed by atoms with Crippen LogP contribution in [0.4, 0.5) is 10.5 Å². The van der Waals surface area contributed by atoms with Crippen molar-refractivity contribution in [2.24, 2.45) is 5.92 Å². The average molecular weight is 357 g/mol. The molecule has 3 amide bonds. The van der Waals surface area contributed by atoms with Gasteiger partial charge in [-0.2, -0.15) is 0 Å². The van der Waals surface area contributed by atoms with E-state index in [1.807, 2.05) is 55.6 Å². The molecule has 2 aromatic rings. The first-order valence-corrected chi connectivity index (χ1v) is 9.42. The van der Waals surface area contributed by atoms with E-state index in [1.165, 1.54) is 0 Å². The Kier molecular flexibility index (Phi) is 5.38. The highest BCUT2D eigenvalue weighted by Gasteiger charge is 2.29. The normalized spacial score (nSPS) is 15.9. The van der Waals surface area contributed by atoms with Gasteiger partial charge >= 0.3 is 6.03 Å². The smallest absolute Gasteiger partial charge is 0.315 e. The van der Waals surface area contributed by atoms with Gasteiger partial charge in [0.1, 0.15) is 0 Å². The average Bonchev–Trinajstić information content (AvgIpc) is 3.29. The predicted molar refractivity (Wildman–Crippen MR) is 101 cm³/mol. The van der Waals surface area contributed by atoms with Crippen LogP contribution in [0.2, 0.25) is 0 Å². The second-order valence-corrected chi connectivity index (χ2v) is 7.44. The number of anilines is 1. The highest BCUT2D eigenvalue weighted by Crippen LogP contribution is 2.30. The van der Waals surface area contributed by atoms with Gasteiger partial charge in [-0.25, -0.2) is 4.79 Å². The van der Waals surface area contributed by atoms with Crippen LogP contribution in [-0.4, -0.2) is 11.9 Å². The maximum absolute atomic E-state index is 12.2. The summed E-state index contributed by atoms with van der Waals surface area (Å²) in [5.41, 5.74) is 1.78. The number of nitrogens with one attached hydrogen (secondary N) is 3. The van der Waals surface area contributed by atoms with Gasteiger partial charge in [0.25, 0.3) is 0 Å². The topological polar surface area (TPSA) is 70.2 Å². The number of urea groups is 1. The lowest BCUT2D eigenvalue weighted by atomic mass is 10.1. The molecule has 1 fully saturated rings. The number of amides is 3. The number of rotatable bonds is 6. The van der Waals surface area contributed by atoms with Gasteiger partial charge in [0, 0.05) is 16.5 Å². The Labute approximate surface area is 151 Å². The molecule has 1 aromatic carbocycles. The third kappa shape index (κ3) is 4.82. The summed E-state index contributed by atoms with van der Waals surface area (Å²) in [5.74, 6) is 0.287. The number of carbonyl (C=O) groups excluding carboxylic acids is 2. The number of thiophene rings is 1. The second kappa shape index (κ2) is 7.70. The van der Waals surface area contributed by atoms with E-state index >= 15 is 0 Å². The van der Waals surface area contributed by atoms with Crippen molar-refractivity contribution in [2.45, 2.75) is 38.8 Å². The van der Waals surface area contributed by atoms with Crippen molar-refractivity contribution in [2.75, 3.05) is 5.32 Å². The highest BCUT2D eigenvalue weighted by molar-refractivity contribution is 7.10. The number of benzene rings is 1. The SMILES string of the molecule is C[C@H](NC(=O)N[C@H](C)c1cccs1)c1ccc(NC(=O)C2CC2)cc1. The van der Waals surface area contributed by atoms with E-state index in [9.17, 15) is 9.59 Å². The first-order valence-electron chi connectivity index (χ1n) is 8.54. The van der Waals surface area contributed by atoms with E-state index in [-0.39, 0.29) is 29.9 Å². The Morgan fingerprint density at radius 3 is 2.32 bits per heavy atom. The van der Waals surface area contributed by atoms with Crippen molar-refractivity contribution in [1.29, 1.82) is 0 Å². The molecule has 0 unspecified atom stereocenters. The Morgan fingerprint density at radius 1 is 1.04 bits per heavy atom. The number of carbonyl (C=O) groups is 2. The summed E-state index contributed by atoms with van der Waals surface area (Å²) in [6, 6.07) is 11.2. The van der Waals surface area contributed by atoms with Crippen LogP contribution in [0, 0.1) is 5.92 Å². The van der Waals surface area contributed by atoms with Crippen LogP contribution in [0.1, 0.15) is 49.2 Å². The summed E-state index contributed by atoms with van der Waals surface area (Å²) < 4.78 is 0. The van der Waals surface area contributed by atoms with Gasteiger partial charge in [-0.1, -0.05) is 18.2 Å². The van der Waals surface area contributed by atoms with Crippen LogP contribution >= 0.6 is 11.3 Å². The maximum Gasteiger partial charge on any atom is 0.315 e. The summed E-state index contributed by atoms with van der Waals surface area (Å²) in [6.45, 7) is 3.90. The third-order valence-corrected chi connectivity index (χ3v) is 5.35. The van der Waals surface area contributed by atoms with Crippen LogP contribution in [0.5, 0.6) is 0 Å². The number of hydrogen-bond donors (Lipinski definition) is 3. The second-order valence-electron chi connectivity index (χ2n) is 6.46. The first kappa shape index (κ1) is 17.5. The van der Waals surface area contributed by atoms with E-state index in [1.54, 1.807) is 11.3 Å². The molecule has 0 saturated heterocycles. The fourth-order valence-electron chi connectivity index (χ4n) is 2.57. The Balaban J connectivity index is 1.50. The summed E-state index contributed by atoms with van der Waals surface area (Å²) in [6.07, 6.45) is 1.98. The molecule has 6 heteroatoms. The summed E-state index contributed by atoms with van der Waals surface area (Å²) in [5, 5.41) is 10.8. The zero-order valence-electron chi connectivity index (χ0n) is 14.4. The molecular weight excluding hydrogens is 334 g/mol. The lowest BCUT2D eigenvalue weighted by molar-refractivity contribution is -0.117. The molecule has 0 radical (unpaired) electrons. The molecule has 132 valence electrons. The van der Waals surface area contributed by atoms with Crippen molar-refractivity contribution in [3.05, 3.63) is 52.2 Å². The minimum atomic E-state index is -0.195. The molecular formula is C19H23N3O2S. The van der Waals surface area contributed by atoms with Crippen molar-refractivity contribution in [3.8, 4) is 0 Å². The molecule has 1 aliphatic carbocycles. The maximum atomic E-state index is 12.2. The first-order chi connectivity index (χ1) is 12.0. The third-order valence-electron chi connectivity index (χ3n) is 4.29. The molecule has 2 atom stereocenters. The zero-order chi connectivity index (χ0) is 17.8. The monoisotopic (exact) mass is 357 g/mol. The fraction of sp³-hybridized carbons (Fsp3) is 0.368. The molecule has 1 aliphatic rings. The van der Waals surface area contributed by atoms with Gasteiger partial charge in [0.2, 0.25) is 5.91 Å². The minimum Gasteiger partial charge on any atom is -0.332 e. The van der Waals surface area contributed by atoms with Crippen molar-refractivity contribution < 1.29 is 9.59 Å². The van der Waals surface area contributed by atoms with E-state index in [4.69, 9.17) is 0 Å². The molecule has 25 heavy (non-hydrogen) atoms. The molecule has 1 heterocycles. The van der Waals surface area contributed by atoms with Crippen LogP contribution in [-0.2, 0) is 4.79 Å². The molecule has 3 rings (SSSR count). The largest absolute Gasteiger partial charge is 0.332 e. The Morgan fingerprint density at radius 2 is 1.72 bits per heavy atom. The van der Waals surface area contributed by atoms with E-state index in [0.717, 1.165) is 29.0 Å². The lowest BCUT2D eigenvalue weighted by Crippen LogP contribution is -2.38. The van der Waals surface area contributed by atoms with Gasteiger partial charge < -0.3 is 16.0 Å². The van der Waals surface area contributed by atoms with Crippen molar-refractivity contribution in [3.63, 3.8) is 0 Å². The molecule has 0 spiro atoms. The van der Waals surface area contributed by atoms with Crippen molar-refractivity contribution >= 4 is 29.0 Å². The molecule has 0 bridgehead atoms. The molecule has 3 N–H and O–H groups in total. The van der Waals surface area contributed by atoms with Gasteiger partial charge in [0.15, 0.2) is 0 Å². The van der Waals surface area contributed by atoms with Crippen LogP contribution in [0.15, 0.2) is 41.8 Å². The van der Waals surface area contributed by atoms with Gasteiger partial charge in [-0.3, -0.25) is 4.79 Å². The Hall–Kier alpha value is -2.34. The molecule has 1 aromatic heterocycles. The van der Waals surface area contributed by atoms with Gasteiger partial charge in [-0.05, 0) is 55.8 Å². The van der Waals surface area contributed by atoms with Crippen LogP contribution in [0.25, 0.3) is 0 Å². The fourth-order valence-corrected chi connectivity index (χ4v) is 3.31. The van der Waals surface area contributed by atoms with E-state index < -0.39 is 0 Å². The lowest BCUT2D eigenvalue weighted by Gasteiger charge is -2.18. The predicted octanol–water partition coefficient (Wildman–Crippen LogP) is 4.22. The summed E-state index contributed by atoms with van der Waals surface area (Å²) >= 11 is 1.62.